The molecule has 2 nitrogen and oxygen atoms in total. The van der Waals surface area contributed by atoms with E-state index in [9.17, 15) is 0 Å². The number of unbranched alkanes of at least 4 members (excludes halogenated alkanes) is 1. The van der Waals surface area contributed by atoms with Gasteiger partial charge in [-0.3, -0.25) is 0 Å². The Kier molecular flexibility index (Phi) is 6.81. The van der Waals surface area contributed by atoms with Crippen molar-refractivity contribution in [1.29, 1.82) is 0 Å². The van der Waals surface area contributed by atoms with E-state index in [4.69, 9.17) is 5.11 Å². The van der Waals surface area contributed by atoms with Crippen molar-refractivity contribution in [2.45, 2.75) is 46.0 Å². The third-order valence-corrected chi connectivity index (χ3v) is 3.23. The minimum absolute atomic E-state index is 0.298. The Labute approximate surface area is 112 Å². The summed E-state index contributed by atoms with van der Waals surface area (Å²) in [5.74, 6) is 0.575. The molecule has 0 spiro atoms. The molecule has 0 aliphatic carbocycles. The monoisotopic (exact) mass is 249 g/mol. The maximum Gasteiger partial charge on any atom is 0.0431 e. The lowest BCUT2D eigenvalue weighted by atomic mass is 10.0. The van der Waals surface area contributed by atoms with E-state index in [1.54, 1.807) is 0 Å². The molecule has 18 heavy (non-hydrogen) atoms. The second-order valence-corrected chi connectivity index (χ2v) is 5.17. The average Bonchev–Trinajstić information content (AvgIpc) is 2.38. The van der Waals surface area contributed by atoms with E-state index in [-0.39, 0.29) is 0 Å². The lowest BCUT2D eigenvalue weighted by molar-refractivity contribution is 0.285. The Morgan fingerprint density at radius 3 is 2.56 bits per heavy atom. The van der Waals surface area contributed by atoms with Crippen LogP contribution in [0, 0.1) is 0 Å². The van der Waals surface area contributed by atoms with E-state index in [1.165, 1.54) is 11.3 Å². The van der Waals surface area contributed by atoms with Crippen molar-refractivity contribution >= 4 is 5.69 Å². The van der Waals surface area contributed by atoms with Gasteiger partial charge in [0.25, 0.3) is 0 Å². The fraction of sp³-hybridized carbons (Fsp3) is 0.625. The molecule has 0 amide bonds. The van der Waals surface area contributed by atoms with Gasteiger partial charge in [0.05, 0.1) is 0 Å². The molecule has 1 rings (SSSR count). The number of aliphatic hydroxyl groups excluding tert-OH is 1. The van der Waals surface area contributed by atoms with Crippen molar-refractivity contribution in [3.63, 3.8) is 0 Å². The highest BCUT2D eigenvalue weighted by atomic mass is 16.2. The fourth-order valence-electron chi connectivity index (χ4n) is 2.13. The van der Waals surface area contributed by atoms with E-state index in [0.29, 0.717) is 12.5 Å². The van der Waals surface area contributed by atoms with Gasteiger partial charge in [0.2, 0.25) is 0 Å². The maximum absolute atomic E-state index is 8.88. The van der Waals surface area contributed by atoms with Crippen molar-refractivity contribution in [3.05, 3.63) is 29.8 Å². The summed E-state index contributed by atoms with van der Waals surface area (Å²) in [4.78, 5) is 2.43. The highest BCUT2D eigenvalue weighted by Gasteiger charge is 2.07. The average molecular weight is 249 g/mol. The zero-order valence-corrected chi connectivity index (χ0v) is 12.0. The van der Waals surface area contributed by atoms with Crippen LogP contribution in [0.1, 0.15) is 51.5 Å². The van der Waals surface area contributed by atoms with Gasteiger partial charge in [-0.2, -0.15) is 0 Å². The molecule has 0 fully saturated rings. The predicted octanol–water partition coefficient (Wildman–Crippen LogP) is 3.80. The van der Waals surface area contributed by atoms with Gasteiger partial charge in [0.15, 0.2) is 0 Å². The standard InChI is InChI=1S/C16H27NO/c1-4-10-17(11-5-6-12-18)16-9-7-8-15(13-16)14(2)3/h7-9,13-14,18H,4-6,10-12H2,1-3H3. The van der Waals surface area contributed by atoms with Gasteiger partial charge in [-0.05, 0) is 42.9 Å². The number of anilines is 1. The summed E-state index contributed by atoms with van der Waals surface area (Å²) < 4.78 is 0. The van der Waals surface area contributed by atoms with Crippen LogP contribution in [0.3, 0.4) is 0 Å². The van der Waals surface area contributed by atoms with Crippen molar-refractivity contribution in [3.8, 4) is 0 Å². The molecular formula is C16H27NO. The van der Waals surface area contributed by atoms with Crippen LogP contribution >= 0.6 is 0 Å². The van der Waals surface area contributed by atoms with Crippen molar-refractivity contribution < 1.29 is 5.11 Å². The van der Waals surface area contributed by atoms with Crippen LogP contribution in [0.25, 0.3) is 0 Å². The Hall–Kier alpha value is -1.02. The lowest BCUT2D eigenvalue weighted by Crippen LogP contribution is -2.25. The van der Waals surface area contributed by atoms with Gasteiger partial charge >= 0.3 is 0 Å². The van der Waals surface area contributed by atoms with Crippen LogP contribution in [0.15, 0.2) is 24.3 Å². The largest absolute Gasteiger partial charge is 0.396 e. The van der Waals surface area contributed by atoms with E-state index in [1.807, 2.05) is 0 Å². The molecule has 1 aromatic rings. The summed E-state index contributed by atoms with van der Waals surface area (Å²) in [5, 5.41) is 8.88. The molecule has 1 aromatic carbocycles. The SMILES string of the molecule is CCCN(CCCCO)c1cccc(C(C)C)c1. The summed E-state index contributed by atoms with van der Waals surface area (Å²) in [7, 11) is 0. The van der Waals surface area contributed by atoms with Gasteiger partial charge < -0.3 is 10.0 Å². The molecule has 0 saturated carbocycles. The second kappa shape index (κ2) is 8.15. The van der Waals surface area contributed by atoms with Gasteiger partial charge in [0, 0.05) is 25.4 Å². The highest BCUT2D eigenvalue weighted by Crippen LogP contribution is 2.22. The number of nitrogens with zero attached hydrogens (tertiary/aromatic N) is 1. The lowest BCUT2D eigenvalue weighted by Gasteiger charge is -2.25. The van der Waals surface area contributed by atoms with Crippen LogP contribution in [0.4, 0.5) is 5.69 Å². The highest BCUT2D eigenvalue weighted by molar-refractivity contribution is 5.49. The van der Waals surface area contributed by atoms with Crippen LogP contribution in [0.2, 0.25) is 0 Å². The van der Waals surface area contributed by atoms with E-state index in [2.05, 4.69) is 49.9 Å². The minimum Gasteiger partial charge on any atom is -0.396 e. The zero-order chi connectivity index (χ0) is 13.4. The summed E-state index contributed by atoms with van der Waals surface area (Å²) in [6, 6.07) is 8.85. The number of hydrogen-bond acceptors (Lipinski definition) is 2. The molecule has 0 unspecified atom stereocenters. The molecule has 0 radical (unpaired) electrons. The van der Waals surface area contributed by atoms with E-state index >= 15 is 0 Å². The molecule has 2 heteroatoms. The number of hydrogen-bond donors (Lipinski definition) is 1. The Balaban J connectivity index is 2.74. The van der Waals surface area contributed by atoms with E-state index in [0.717, 1.165) is 32.4 Å². The molecule has 0 atom stereocenters. The quantitative estimate of drug-likeness (QED) is 0.708. The first-order chi connectivity index (χ1) is 8.69. The van der Waals surface area contributed by atoms with Crippen molar-refractivity contribution in [1.82, 2.24) is 0 Å². The van der Waals surface area contributed by atoms with Gasteiger partial charge in [0.1, 0.15) is 0 Å². The minimum atomic E-state index is 0.298. The van der Waals surface area contributed by atoms with Crippen LogP contribution in [0.5, 0.6) is 0 Å². The summed E-state index contributed by atoms with van der Waals surface area (Å²) >= 11 is 0. The van der Waals surface area contributed by atoms with Crippen LogP contribution in [-0.2, 0) is 0 Å². The van der Waals surface area contributed by atoms with Crippen LogP contribution in [-0.4, -0.2) is 24.8 Å². The third-order valence-electron chi connectivity index (χ3n) is 3.23. The normalized spacial score (nSPS) is 10.9. The van der Waals surface area contributed by atoms with Crippen molar-refractivity contribution in [2.75, 3.05) is 24.6 Å². The first-order valence-corrected chi connectivity index (χ1v) is 7.14. The molecular weight excluding hydrogens is 222 g/mol. The Morgan fingerprint density at radius 2 is 1.94 bits per heavy atom. The fourth-order valence-corrected chi connectivity index (χ4v) is 2.13. The van der Waals surface area contributed by atoms with Gasteiger partial charge in [-0.25, -0.2) is 0 Å². The first-order valence-electron chi connectivity index (χ1n) is 7.14. The zero-order valence-electron chi connectivity index (χ0n) is 12.0. The smallest absolute Gasteiger partial charge is 0.0431 e. The summed E-state index contributed by atoms with van der Waals surface area (Å²) in [6.07, 6.45) is 3.11. The van der Waals surface area contributed by atoms with E-state index < -0.39 is 0 Å². The topological polar surface area (TPSA) is 23.5 Å². The second-order valence-electron chi connectivity index (χ2n) is 5.17. The molecule has 0 aliphatic heterocycles. The first kappa shape index (κ1) is 15.0. The Morgan fingerprint density at radius 1 is 1.17 bits per heavy atom. The summed E-state index contributed by atoms with van der Waals surface area (Å²) in [5.41, 5.74) is 2.72. The molecule has 102 valence electrons. The Bertz CT molecular complexity index is 336. The molecule has 0 saturated heterocycles. The predicted molar refractivity (Wildman–Crippen MR) is 79.4 cm³/mol. The third kappa shape index (κ3) is 4.69. The van der Waals surface area contributed by atoms with Gasteiger partial charge in [-0.1, -0.05) is 32.9 Å². The number of benzene rings is 1. The number of aliphatic hydroxyl groups is 1. The summed E-state index contributed by atoms with van der Waals surface area (Å²) in [6.45, 7) is 9.10. The molecule has 0 aromatic heterocycles. The maximum atomic E-state index is 8.88. The van der Waals surface area contributed by atoms with Crippen molar-refractivity contribution in [2.24, 2.45) is 0 Å². The van der Waals surface area contributed by atoms with Gasteiger partial charge in [-0.15, -0.1) is 0 Å². The molecule has 0 aliphatic rings. The molecule has 1 N–H and O–H groups in total. The molecule has 0 heterocycles. The molecule has 0 bridgehead atoms. The van der Waals surface area contributed by atoms with Crippen LogP contribution < -0.4 is 4.90 Å². The number of rotatable bonds is 8.